The molecule has 1 amide bonds. The van der Waals surface area contributed by atoms with Gasteiger partial charge in [-0.15, -0.1) is 0 Å². The minimum atomic E-state index is -3.18. The van der Waals surface area contributed by atoms with Gasteiger partial charge in [-0.05, 0) is 19.9 Å². The van der Waals surface area contributed by atoms with Crippen LogP contribution in [0.25, 0.3) is 0 Å². The molecule has 19 heavy (non-hydrogen) atoms. The van der Waals surface area contributed by atoms with Gasteiger partial charge in [0.15, 0.2) is 0 Å². The van der Waals surface area contributed by atoms with Crippen molar-refractivity contribution in [2.24, 2.45) is 5.92 Å². The first-order valence-electron chi connectivity index (χ1n) is 6.80. The number of hydrogen-bond donors (Lipinski definition) is 0. The lowest BCUT2D eigenvalue weighted by atomic mass is 9.98. The molecular formula is C12H23N3O3S. The maximum Gasteiger partial charge on any atom is 0.227 e. The van der Waals surface area contributed by atoms with E-state index in [1.165, 1.54) is 10.6 Å². The summed E-state index contributed by atoms with van der Waals surface area (Å²) in [6, 6.07) is 0. The molecule has 0 saturated carbocycles. The van der Waals surface area contributed by atoms with Crippen LogP contribution in [0.3, 0.4) is 0 Å². The van der Waals surface area contributed by atoms with Crippen LogP contribution in [-0.2, 0) is 14.8 Å². The maximum absolute atomic E-state index is 12.4. The van der Waals surface area contributed by atoms with Crippen LogP contribution in [0.4, 0.5) is 0 Å². The number of carbonyl (C=O) groups excluding carboxylic acids is 1. The van der Waals surface area contributed by atoms with Crippen LogP contribution < -0.4 is 0 Å². The maximum atomic E-state index is 12.4. The zero-order chi connectivity index (χ0) is 14.0. The van der Waals surface area contributed by atoms with Gasteiger partial charge in [-0.1, -0.05) is 0 Å². The third-order valence-electron chi connectivity index (χ3n) is 4.02. The smallest absolute Gasteiger partial charge is 0.227 e. The molecule has 1 atom stereocenters. The van der Waals surface area contributed by atoms with E-state index in [1.807, 2.05) is 11.9 Å². The van der Waals surface area contributed by atoms with E-state index in [-0.39, 0.29) is 11.8 Å². The highest BCUT2D eigenvalue weighted by molar-refractivity contribution is 7.88. The predicted octanol–water partition coefficient (Wildman–Crippen LogP) is -0.568. The molecule has 2 aliphatic rings. The SMILES string of the molecule is CN1CCN(C(=O)[C@@H]2CCCN(S(C)(=O)=O)C2)CC1. The van der Waals surface area contributed by atoms with Gasteiger partial charge in [0.2, 0.25) is 15.9 Å². The molecule has 6 nitrogen and oxygen atoms in total. The molecule has 0 radical (unpaired) electrons. The van der Waals surface area contributed by atoms with Gasteiger partial charge in [-0.3, -0.25) is 4.79 Å². The van der Waals surface area contributed by atoms with Crippen LogP contribution in [0.1, 0.15) is 12.8 Å². The molecule has 0 aromatic rings. The lowest BCUT2D eigenvalue weighted by molar-refractivity contribution is -0.138. The molecule has 0 aliphatic carbocycles. The highest BCUT2D eigenvalue weighted by Crippen LogP contribution is 2.21. The average molecular weight is 289 g/mol. The van der Waals surface area contributed by atoms with Crippen molar-refractivity contribution in [2.45, 2.75) is 12.8 Å². The van der Waals surface area contributed by atoms with E-state index < -0.39 is 10.0 Å². The van der Waals surface area contributed by atoms with E-state index in [4.69, 9.17) is 0 Å². The largest absolute Gasteiger partial charge is 0.340 e. The fourth-order valence-electron chi connectivity index (χ4n) is 2.73. The number of amides is 1. The van der Waals surface area contributed by atoms with E-state index >= 15 is 0 Å². The van der Waals surface area contributed by atoms with Crippen LogP contribution in [0.15, 0.2) is 0 Å². The second kappa shape index (κ2) is 5.76. The first-order chi connectivity index (χ1) is 8.88. The van der Waals surface area contributed by atoms with E-state index in [9.17, 15) is 13.2 Å². The van der Waals surface area contributed by atoms with Crippen molar-refractivity contribution in [3.8, 4) is 0 Å². The standard InChI is InChI=1S/C12H23N3O3S/c1-13-6-8-14(9-7-13)12(16)11-4-3-5-15(10-11)19(2,17)18/h11H,3-10H2,1-2H3/t11-/m1/s1. The Bertz CT molecular complexity index is 430. The molecule has 0 N–H and O–H groups in total. The molecule has 2 fully saturated rings. The monoisotopic (exact) mass is 289 g/mol. The van der Waals surface area contributed by atoms with Crippen LogP contribution in [-0.4, -0.2) is 81.0 Å². The van der Waals surface area contributed by atoms with Gasteiger partial charge in [0.1, 0.15) is 0 Å². The average Bonchev–Trinajstić information content (AvgIpc) is 2.38. The topological polar surface area (TPSA) is 60.9 Å². The lowest BCUT2D eigenvalue weighted by Crippen LogP contribution is -2.52. The predicted molar refractivity (Wildman–Crippen MR) is 73.2 cm³/mol. The zero-order valence-corrected chi connectivity index (χ0v) is 12.5. The quantitative estimate of drug-likeness (QED) is 0.683. The van der Waals surface area contributed by atoms with Crippen LogP contribution in [0.2, 0.25) is 0 Å². The van der Waals surface area contributed by atoms with E-state index in [0.717, 1.165) is 39.0 Å². The van der Waals surface area contributed by atoms with Crippen molar-refractivity contribution < 1.29 is 13.2 Å². The summed E-state index contributed by atoms with van der Waals surface area (Å²) >= 11 is 0. The molecule has 0 spiro atoms. The first-order valence-corrected chi connectivity index (χ1v) is 8.65. The summed E-state index contributed by atoms with van der Waals surface area (Å²) in [6.07, 6.45) is 2.80. The van der Waals surface area contributed by atoms with Crippen molar-refractivity contribution >= 4 is 15.9 Å². The summed E-state index contributed by atoms with van der Waals surface area (Å²) in [5, 5.41) is 0. The summed E-state index contributed by atoms with van der Waals surface area (Å²) in [7, 11) is -1.13. The minimum Gasteiger partial charge on any atom is -0.340 e. The van der Waals surface area contributed by atoms with Gasteiger partial charge in [-0.2, -0.15) is 0 Å². The van der Waals surface area contributed by atoms with Crippen molar-refractivity contribution in [3.63, 3.8) is 0 Å². The van der Waals surface area contributed by atoms with Gasteiger partial charge >= 0.3 is 0 Å². The second-order valence-electron chi connectivity index (χ2n) is 5.59. The Morgan fingerprint density at radius 3 is 2.32 bits per heavy atom. The van der Waals surface area contributed by atoms with Crippen LogP contribution in [0.5, 0.6) is 0 Å². The van der Waals surface area contributed by atoms with Gasteiger partial charge in [0.05, 0.1) is 12.2 Å². The molecule has 0 aromatic heterocycles. The first kappa shape index (κ1) is 14.7. The van der Waals surface area contributed by atoms with E-state index in [2.05, 4.69) is 4.90 Å². The Balaban J connectivity index is 1.95. The normalized spacial score (nSPS) is 27.5. The van der Waals surface area contributed by atoms with E-state index in [0.29, 0.717) is 13.1 Å². The summed E-state index contributed by atoms with van der Waals surface area (Å²) < 4.78 is 24.6. The van der Waals surface area contributed by atoms with Gasteiger partial charge in [0, 0.05) is 39.3 Å². The van der Waals surface area contributed by atoms with Crippen LogP contribution in [0, 0.1) is 5.92 Å². The Labute approximate surface area is 115 Å². The summed E-state index contributed by atoms with van der Waals surface area (Å²) in [6.45, 7) is 4.20. The van der Waals surface area contributed by atoms with Gasteiger partial charge in [0.25, 0.3) is 0 Å². The second-order valence-corrected chi connectivity index (χ2v) is 7.57. The molecular weight excluding hydrogens is 266 g/mol. The number of nitrogens with zero attached hydrogens (tertiary/aromatic N) is 3. The van der Waals surface area contributed by atoms with Crippen molar-refractivity contribution in [1.82, 2.24) is 14.1 Å². The van der Waals surface area contributed by atoms with Crippen LogP contribution >= 0.6 is 0 Å². The number of carbonyl (C=O) groups is 1. The fourth-order valence-corrected chi connectivity index (χ4v) is 3.64. The Morgan fingerprint density at radius 1 is 1.11 bits per heavy atom. The number of likely N-dealkylation sites (N-methyl/N-ethyl adjacent to an activating group) is 1. The number of hydrogen-bond acceptors (Lipinski definition) is 4. The molecule has 2 aliphatic heterocycles. The summed E-state index contributed by atoms with van der Waals surface area (Å²) in [5.74, 6) is -0.0340. The number of piperidine rings is 1. The summed E-state index contributed by atoms with van der Waals surface area (Å²) in [4.78, 5) is 16.5. The number of sulfonamides is 1. The summed E-state index contributed by atoms with van der Waals surface area (Å²) in [5.41, 5.74) is 0. The Kier molecular flexibility index (Phi) is 4.47. The van der Waals surface area contributed by atoms with Crippen molar-refractivity contribution in [3.05, 3.63) is 0 Å². The molecule has 2 heterocycles. The van der Waals surface area contributed by atoms with Gasteiger partial charge in [-0.25, -0.2) is 12.7 Å². The number of rotatable bonds is 2. The van der Waals surface area contributed by atoms with Gasteiger partial charge < -0.3 is 9.80 Å². The van der Waals surface area contributed by atoms with Crippen molar-refractivity contribution in [1.29, 1.82) is 0 Å². The third-order valence-corrected chi connectivity index (χ3v) is 5.29. The third kappa shape index (κ3) is 3.67. The Hall–Kier alpha value is -0.660. The Morgan fingerprint density at radius 2 is 1.74 bits per heavy atom. The lowest BCUT2D eigenvalue weighted by Gasteiger charge is -2.37. The minimum absolute atomic E-state index is 0.126. The number of piperazine rings is 1. The highest BCUT2D eigenvalue weighted by Gasteiger charge is 2.33. The molecule has 0 aromatic carbocycles. The molecule has 7 heteroatoms. The zero-order valence-electron chi connectivity index (χ0n) is 11.7. The molecule has 0 bridgehead atoms. The molecule has 2 rings (SSSR count). The highest BCUT2D eigenvalue weighted by atomic mass is 32.2. The molecule has 2 saturated heterocycles. The fraction of sp³-hybridized carbons (Fsp3) is 0.917. The van der Waals surface area contributed by atoms with Crippen molar-refractivity contribution in [2.75, 3.05) is 52.6 Å². The van der Waals surface area contributed by atoms with E-state index in [1.54, 1.807) is 0 Å². The molecule has 110 valence electrons. The molecule has 0 unspecified atom stereocenters.